The molecule has 6 heteroatoms. The molecule has 0 atom stereocenters. The Bertz CT molecular complexity index is 1140. The van der Waals surface area contributed by atoms with E-state index in [1.54, 1.807) is 18.2 Å². The van der Waals surface area contributed by atoms with Crippen LogP contribution in [-0.2, 0) is 5.75 Å². The van der Waals surface area contributed by atoms with E-state index in [1.165, 1.54) is 17.8 Å². The van der Waals surface area contributed by atoms with Crippen LogP contribution in [0.1, 0.15) is 16.1 Å². The molecule has 3 nitrogen and oxygen atoms in total. The number of thioether (sulfide) groups is 1. The minimum absolute atomic E-state index is 0.259. The van der Waals surface area contributed by atoms with Gasteiger partial charge in [-0.1, -0.05) is 48.0 Å². The van der Waals surface area contributed by atoms with E-state index in [0.717, 1.165) is 16.2 Å². The maximum atomic E-state index is 13.7. The summed E-state index contributed by atoms with van der Waals surface area (Å²) >= 11 is 7.53. The van der Waals surface area contributed by atoms with Gasteiger partial charge in [0.1, 0.15) is 11.4 Å². The molecule has 0 unspecified atom stereocenters. The molecule has 1 amide bonds. The van der Waals surface area contributed by atoms with E-state index in [4.69, 9.17) is 16.0 Å². The second-order valence-corrected chi connectivity index (χ2v) is 7.83. The van der Waals surface area contributed by atoms with Crippen LogP contribution in [0.2, 0.25) is 5.02 Å². The molecule has 0 aliphatic rings. The van der Waals surface area contributed by atoms with Gasteiger partial charge in [-0.2, -0.15) is 11.8 Å². The Kier molecular flexibility index (Phi) is 5.55. The Labute approximate surface area is 170 Å². The first kappa shape index (κ1) is 18.8. The zero-order valence-electron chi connectivity index (χ0n) is 14.9. The molecule has 1 N–H and O–H groups in total. The van der Waals surface area contributed by atoms with Crippen LogP contribution in [0.15, 0.2) is 65.1 Å². The second kappa shape index (κ2) is 8.25. The zero-order chi connectivity index (χ0) is 19.5. The fourth-order valence-electron chi connectivity index (χ4n) is 3.07. The fraction of sp³-hybridized carbons (Fsp3) is 0.136. The smallest absolute Gasteiger partial charge is 0.287 e. The van der Waals surface area contributed by atoms with Crippen LogP contribution in [0.25, 0.3) is 21.7 Å². The molecular formula is C22H17ClFNO2S. The van der Waals surface area contributed by atoms with E-state index in [1.807, 2.05) is 36.4 Å². The highest BCUT2D eigenvalue weighted by Crippen LogP contribution is 2.28. The maximum absolute atomic E-state index is 13.7. The molecular weight excluding hydrogens is 397 g/mol. The monoisotopic (exact) mass is 413 g/mol. The van der Waals surface area contributed by atoms with Crippen LogP contribution in [0.3, 0.4) is 0 Å². The van der Waals surface area contributed by atoms with Gasteiger partial charge < -0.3 is 9.73 Å². The van der Waals surface area contributed by atoms with Crippen LogP contribution < -0.4 is 5.32 Å². The standard InChI is InChI=1S/C22H17ClFNO2S/c23-18-6-3-7-19(24)17(18)13-28-11-10-25-22(26)21-12-16-15-5-2-1-4-14(15)8-9-20(16)27-21/h1-9,12H,10-11,13H2,(H,25,26). The van der Waals surface area contributed by atoms with Gasteiger partial charge in [-0.25, -0.2) is 4.39 Å². The lowest BCUT2D eigenvalue weighted by atomic mass is 10.1. The number of carbonyl (C=O) groups excluding carboxylic acids is 1. The number of halogens is 2. The number of fused-ring (bicyclic) bond motifs is 3. The highest BCUT2D eigenvalue weighted by Gasteiger charge is 2.13. The average Bonchev–Trinajstić information content (AvgIpc) is 3.14. The minimum atomic E-state index is -0.307. The van der Waals surface area contributed by atoms with E-state index in [-0.39, 0.29) is 17.5 Å². The molecule has 1 heterocycles. The van der Waals surface area contributed by atoms with Crippen LogP contribution >= 0.6 is 23.4 Å². The third kappa shape index (κ3) is 3.86. The molecule has 0 saturated carbocycles. The maximum Gasteiger partial charge on any atom is 0.287 e. The SMILES string of the molecule is O=C(NCCSCc1c(F)cccc1Cl)c1cc2c(ccc3ccccc32)o1. The van der Waals surface area contributed by atoms with Gasteiger partial charge in [-0.05, 0) is 35.0 Å². The van der Waals surface area contributed by atoms with Gasteiger partial charge in [0.25, 0.3) is 5.91 Å². The largest absolute Gasteiger partial charge is 0.451 e. The van der Waals surface area contributed by atoms with Crippen LogP contribution in [0.4, 0.5) is 4.39 Å². The summed E-state index contributed by atoms with van der Waals surface area (Å²) in [6.07, 6.45) is 0. The topological polar surface area (TPSA) is 42.2 Å². The van der Waals surface area contributed by atoms with Crippen molar-refractivity contribution in [1.29, 1.82) is 0 Å². The summed E-state index contributed by atoms with van der Waals surface area (Å²) in [4.78, 5) is 12.4. The molecule has 0 saturated heterocycles. The summed E-state index contributed by atoms with van der Waals surface area (Å²) in [7, 11) is 0. The van der Waals surface area contributed by atoms with Crippen LogP contribution in [0.5, 0.6) is 0 Å². The van der Waals surface area contributed by atoms with Crippen molar-refractivity contribution in [2.45, 2.75) is 5.75 Å². The summed E-state index contributed by atoms with van der Waals surface area (Å²) in [5.41, 5.74) is 1.18. The summed E-state index contributed by atoms with van der Waals surface area (Å²) in [5.74, 6) is 0.814. The fourth-order valence-corrected chi connectivity index (χ4v) is 4.27. The molecule has 142 valence electrons. The minimum Gasteiger partial charge on any atom is -0.451 e. The van der Waals surface area contributed by atoms with Crippen molar-refractivity contribution in [2.75, 3.05) is 12.3 Å². The lowest BCUT2D eigenvalue weighted by Gasteiger charge is -2.06. The van der Waals surface area contributed by atoms with E-state index in [0.29, 0.717) is 34.2 Å². The summed E-state index contributed by atoms with van der Waals surface area (Å²) < 4.78 is 19.5. The third-order valence-electron chi connectivity index (χ3n) is 4.49. The number of hydrogen-bond acceptors (Lipinski definition) is 3. The molecule has 4 aromatic rings. The van der Waals surface area contributed by atoms with Gasteiger partial charge in [-0.15, -0.1) is 0 Å². The Balaban J connectivity index is 1.36. The first-order valence-electron chi connectivity index (χ1n) is 8.83. The normalized spacial score (nSPS) is 11.2. The lowest BCUT2D eigenvalue weighted by molar-refractivity contribution is 0.0930. The summed E-state index contributed by atoms with van der Waals surface area (Å²) in [6.45, 7) is 0.452. The molecule has 1 aromatic heterocycles. The first-order chi connectivity index (χ1) is 13.6. The van der Waals surface area contributed by atoms with Crippen LogP contribution in [-0.4, -0.2) is 18.2 Å². The van der Waals surface area contributed by atoms with Crippen molar-refractivity contribution in [3.8, 4) is 0 Å². The number of hydrogen-bond donors (Lipinski definition) is 1. The highest BCUT2D eigenvalue weighted by atomic mass is 35.5. The molecule has 0 fully saturated rings. The Morgan fingerprint density at radius 3 is 2.79 bits per heavy atom. The van der Waals surface area contributed by atoms with Crippen molar-refractivity contribution in [1.82, 2.24) is 5.32 Å². The van der Waals surface area contributed by atoms with E-state index in [2.05, 4.69) is 5.32 Å². The molecule has 3 aromatic carbocycles. The Hall–Kier alpha value is -2.50. The van der Waals surface area contributed by atoms with Crippen LogP contribution in [0, 0.1) is 5.82 Å². The molecule has 0 spiro atoms. The van der Waals surface area contributed by atoms with Crippen molar-refractivity contribution >= 4 is 51.0 Å². The number of rotatable bonds is 6. The van der Waals surface area contributed by atoms with Gasteiger partial charge in [-0.3, -0.25) is 4.79 Å². The Morgan fingerprint density at radius 1 is 1.07 bits per heavy atom. The molecule has 0 aliphatic carbocycles. The van der Waals surface area contributed by atoms with Crippen molar-refractivity contribution in [3.05, 3.63) is 82.8 Å². The average molecular weight is 414 g/mol. The van der Waals surface area contributed by atoms with Gasteiger partial charge in [0.05, 0.1) is 0 Å². The predicted octanol–water partition coefficient (Wildman–Crippen LogP) is 6.04. The molecule has 0 radical (unpaired) electrons. The zero-order valence-corrected chi connectivity index (χ0v) is 16.4. The molecule has 0 bridgehead atoms. The number of furan rings is 1. The number of amides is 1. The second-order valence-electron chi connectivity index (χ2n) is 6.32. The van der Waals surface area contributed by atoms with Crippen molar-refractivity contribution in [3.63, 3.8) is 0 Å². The van der Waals surface area contributed by atoms with Gasteiger partial charge in [0, 0.05) is 34.0 Å². The predicted molar refractivity (Wildman–Crippen MR) is 114 cm³/mol. The highest BCUT2D eigenvalue weighted by molar-refractivity contribution is 7.98. The number of nitrogens with one attached hydrogen (secondary N) is 1. The summed E-state index contributed by atoms with van der Waals surface area (Å²) in [5, 5.41) is 6.35. The molecule has 28 heavy (non-hydrogen) atoms. The van der Waals surface area contributed by atoms with E-state index < -0.39 is 0 Å². The molecule has 4 rings (SSSR count). The Morgan fingerprint density at radius 2 is 1.93 bits per heavy atom. The molecule has 0 aliphatic heterocycles. The van der Waals surface area contributed by atoms with Gasteiger partial charge in [0.15, 0.2) is 5.76 Å². The van der Waals surface area contributed by atoms with E-state index in [9.17, 15) is 9.18 Å². The lowest BCUT2D eigenvalue weighted by Crippen LogP contribution is -2.25. The van der Waals surface area contributed by atoms with Crippen molar-refractivity contribution in [2.24, 2.45) is 0 Å². The van der Waals surface area contributed by atoms with Crippen molar-refractivity contribution < 1.29 is 13.6 Å². The van der Waals surface area contributed by atoms with Gasteiger partial charge >= 0.3 is 0 Å². The quantitative estimate of drug-likeness (QED) is 0.392. The number of benzene rings is 3. The third-order valence-corrected chi connectivity index (χ3v) is 5.83. The van der Waals surface area contributed by atoms with E-state index >= 15 is 0 Å². The number of carbonyl (C=O) groups is 1. The summed E-state index contributed by atoms with van der Waals surface area (Å²) in [6, 6.07) is 18.3. The first-order valence-corrected chi connectivity index (χ1v) is 10.4. The van der Waals surface area contributed by atoms with Gasteiger partial charge in [0.2, 0.25) is 0 Å².